The Kier molecular flexibility index (Phi) is 11.9. The Morgan fingerprint density at radius 3 is 2.20 bits per heavy atom. The number of nitrogens with two attached hydrogens (primary N) is 1. The second-order valence-electron chi connectivity index (χ2n) is 4.55. The number of rotatable bonds is 11. The lowest BCUT2D eigenvalue weighted by Gasteiger charge is -2.11. The molecule has 2 nitrogen and oxygen atoms in total. The van der Waals surface area contributed by atoms with Gasteiger partial charge in [-0.1, -0.05) is 45.4 Å². The van der Waals surface area contributed by atoms with E-state index in [1.807, 2.05) is 0 Å². The summed E-state index contributed by atoms with van der Waals surface area (Å²) in [5.41, 5.74) is 5.49. The zero-order valence-corrected chi connectivity index (χ0v) is 10.7. The van der Waals surface area contributed by atoms with Crippen molar-refractivity contribution in [3.8, 4) is 0 Å². The van der Waals surface area contributed by atoms with Gasteiger partial charge in [0.05, 0.1) is 0 Å². The highest BCUT2D eigenvalue weighted by atomic mass is 14.9. The summed E-state index contributed by atoms with van der Waals surface area (Å²) in [7, 11) is 0. The molecule has 0 rings (SSSR count). The molecule has 0 aromatic heterocycles. The standard InChI is InChI=1S/C13H30N2/c1-3-4-5-6-7-8-9-12-15-13(2)10-11-14/h13,15H,3-12,14H2,1-2H3. The van der Waals surface area contributed by atoms with Gasteiger partial charge in [-0.3, -0.25) is 0 Å². The van der Waals surface area contributed by atoms with Crippen LogP contribution in [-0.2, 0) is 0 Å². The molecule has 0 saturated heterocycles. The van der Waals surface area contributed by atoms with Crippen LogP contribution >= 0.6 is 0 Å². The van der Waals surface area contributed by atoms with E-state index in [9.17, 15) is 0 Å². The molecule has 0 aliphatic heterocycles. The fourth-order valence-corrected chi connectivity index (χ4v) is 1.78. The van der Waals surface area contributed by atoms with Crippen molar-refractivity contribution < 1.29 is 0 Å². The van der Waals surface area contributed by atoms with E-state index in [2.05, 4.69) is 19.2 Å². The van der Waals surface area contributed by atoms with Crippen LogP contribution in [0, 0.1) is 0 Å². The molecular weight excluding hydrogens is 184 g/mol. The first-order valence-electron chi connectivity index (χ1n) is 6.74. The fraction of sp³-hybridized carbons (Fsp3) is 1.00. The van der Waals surface area contributed by atoms with E-state index >= 15 is 0 Å². The molecule has 2 heteroatoms. The van der Waals surface area contributed by atoms with Crippen molar-refractivity contribution in [2.75, 3.05) is 13.1 Å². The first-order valence-corrected chi connectivity index (χ1v) is 6.74. The molecule has 0 bridgehead atoms. The largest absolute Gasteiger partial charge is 0.330 e. The van der Waals surface area contributed by atoms with Crippen LogP contribution in [0.4, 0.5) is 0 Å². The van der Waals surface area contributed by atoms with E-state index in [0.717, 1.165) is 19.5 Å². The van der Waals surface area contributed by atoms with Gasteiger partial charge < -0.3 is 11.1 Å². The lowest BCUT2D eigenvalue weighted by atomic mass is 10.1. The van der Waals surface area contributed by atoms with E-state index < -0.39 is 0 Å². The number of hydrogen-bond donors (Lipinski definition) is 2. The molecule has 0 radical (unpaired) electrons. The van der Waals surface area contributed by atoms with Gasteiger partial charge in [0, 0.05) is 6.04 Å². The summed E-state index contributed by atoms with van der Waals surface area (Å²) in [5.74, 6) is 0. The Morgan fingerprint density at radius 1 is 1.00 bits per heavy atom. The van der Waals surface area contributed by atoms with Crippen LogP contribution in [0.3, 0.4) is 0 Å². The van der Waals surface area contributed by atoms with Crippen molar-refractivity contribution in [2.45, 2.75) is 71.3 Å². The maximum Gasteiger partial charge on any atom is 0.00507 e. The highest BCUT2D eigenvalue weighted by molar-refractivity contribution is 4.60. The van der Waals surface area contributed by atoms with Crippen LogP contribution in [0.2, 0.25) is 0 Å². The van der Waals surface area contributed by atoms with Gasteiger partial charge >= 0.3 is 0 Å². The summed E-state index contributed by atoms with van der Waals surface area (Å²) in [6.07, 6.45) is 10.8. The predicted molar refractivity (Wildman–Crippen MR) is 69.1 cm³/mol. The summed E-state index contributed by atoms with van der Waals surface area (Å²) in [6.45, 7) is 6.44. The zero-order valence-electron chi connectivity index (χ0n) is 10.7. The Balaban J connectivity index is 2.98. The molecule has 0 amide bonds. The molecule has 3 N–H and O–H groups in total. The van der Waals surface area contributed by atoms with E-state index in [4.69, 9.17) is 5.73 Å². The van der Waals surface area contributed by atoms with Gasteiger partial charge in [-0.2, -0.15) is 0 Å². The van der Waals surface area contributed by atoms with Crippen molar-refractivity contribution in [1.29, 1.82) is 0 Å². The molecule has 1 unspecified atom stereocenters. The average Bonchev–Trinajstić information content (AvgIpc) is 2.22. The van der Waals surface area contributed by atoms with Crippen LogP contribution in [0.5, 0.6) is 0 Å². The number of nitrogens with one attached hydrogen (secondary N) is 1. The highest BCUT2D eigenvalue weighted by Gasteiger charge is 1.98. The van der Waals surface area contributed by atoms with Gasteiger partial charge in [0.2, 0.25) is 0 Å². The Hall–Kier alpha value is -0.0800. The quantitative estimate of drug-likeness (QED) is 0.519. The maximum atomic E-state index is 5.49. The second-order valence-corrected chi connectivity index (χ2v) is 4.55. The van der Waals surface area contributed by atoms with Crippen LogP contribution in [0.25, 0.3) is 0 Å². The molecule has 15 heavy (non-hydrogen) atoms. The van der Waals surface area contributed by atoms with Gasteiger partial charge in [-0.05, 0) is 32.9 Å². The molecule has 92 valence electrons. The van der Waals surface area contributed by atoms with Gasteiger partial charge in [-0.15, -0.1) is 0 Å². The summed E-state index contributed by atoms with van der Waals surface area (Å²) in [5, 5.41) is 3.51. The lowest BCUT2D eigenvalue weighted by molar-refractivity contribution is 0.494. The monoisotopic (exact) mass is 214 g/mol. The van der Waals surface area contributed by atoms with Gasteiger partial charge in [-0.25, -0.2) is 0 Å². The number of unbranched alkanes of at least 4 members (excludes halogenated alkanes) is 6. The molecule has 1 atom stereocenters. The Labute approximate surface area is 96.0 Å². The number of hydrogen-bond acceptors (Lipinski definition) is 2. The molecule has 0 aliphatic rings. The molecule has 0 heterocycles. The summed E-state index contributed by atoms with van der Waals surface area (Å²) < 4.78 is 0. The van der Waals surface area contributed by atoms with E-state index in [-0.39, 0.29) is 0 Å². The van der Waals surface area contributed by atoms with Crippen molar-refractivity contribution in [3.63, 3.8) is 0 Å². The Bertz CT molecular complexity index is 115. The van der Waals surface area contributed by atoms with Gasteiger partial charge in [0.15, 0.2) is 0 Å². The average molecular weight is 214 g/mol. The van der Waals surface area contributed by atoms with Crippen LogP contribution < -0.4 is 11.1 Å². The third-order valence-electron chi connectivity index (χ3n) is 2.87. The molecule has 0 aromatic carbocycles. The van der Waals surface area contributed by atoms with Crippen LogP contribution in [0.15, 0.2) is 0 Å². The summed E-state index contributed by atoms with van der Waals surface area (Å²) >= 11 is 0. The van der Waals surface area contributed by atoms with E-state index in [1.165, 1.54) is 44.9 Å². The molecule has 0 saturated carbocycles. The second kappa shape index (κ2) is 12.0. The molecule has 0 fully saturated rings. The van der Waals surface area contributed by atoms with E-state index in [0.29, 0.717) is 6.04 Å². The maximum absolute atomic E-state index is 5.49. The first kappa shape index (κ1) is 14.9. The van der Waals surface area contributed by atoms with Gasteiger partial charge in [0.1, 0.15) is 0 Å². The first-order chi connectivity index (χ1) is 7.31. The molecule has 0 spiro atoms. The van der Waals surface area contributed by atoms with Crippen molar-refractivity contribution in [2.24, 2.45) is 5.73 Å². The SMILES string of the molecule is CCCCCCCCCNC(C)CCN. The van der Waals surface area contributed by atoms with E-state index in [1.54, 1.807) is 0 Å². The minimum atomic E-state index is 0.593. The molecular formula is C13H30N2. The topological polar surface area (TPSA) is 38.0 Å². The Morgan fingerprint density at radius 2 is 1.60 bits per heavy atom. The summed E-state index contributed by atoms with van der Waals surface area (Å²) in [4.78, 5) is 0. The summed E-state index contributed by atoms with van der Waals surface area (Å²) in [6, 6.07) is 0.593. The highest BCUT2D eigenvalue weighted by Crippen LogP contribution is 2.06. The van der Waals surface area contributed by atoms with Gasteiger partial charge in [0.25, 0.3) is 0 Å². The fourth-order valence-electron chi connectivity index (χ4n) is 1.78. The van der Waals surface area contributed by atoms with Crippen molar-refractivity contribution in [3.05, 3.63) is 0 Å². The van der Waals surface area contributed by atoms with Crippen molar-refractivity contribution in [1.82, 2.24) is 5.32 Å². The smallest absolute Gasteiger partial charge is 0.00507 e. The van der Waals surface area contributed by atoms with Crippen molar-refractivity contribution >= 4 is 0 Å². The normalized spacial score (nSPS) is 13.0. The lowest BCUT2D eigenvalue weighted by Crippen LogP contribution is -2.29. The minimum Gasteiger partial charge on any atom is -0.330 e. The molecule has 0 aliphatic carbocycles. The third-order valence-corrected chi connectivity index (χ3v) is 2.87. The third kappa shape index (κ3) is 11.8. The predicted octanol–water partition coefficient (Wildman–Crippen LogP) is 3.06. The minimum absolute atomic E-state index is 0.593. The van der Waals surface area contributed by atoms with Crippen LogP contribution in [0.1, 0.15) is 65.2 Å². The molecule has 0 aromatic rings. The zero-order chi connectivity index (χ0) is 11.4. The van der Waals surface area contributed by atoms with Crippen LogP contribution in [-0.4, -0.2) is 19.1 Å².